The first-order chi connectivity index (χ1) is 13.5. The summed E-state index contributed by atoms with van der Waals surface area (Å²) >= 11 is 0. The molecule has 3 aromatic rings. The molecule has 0 saturated heterocycles. The van der Waals surface area contributed by atoms with Crippen LogP contribution in [0, 0.1) is 0 Å². The predicted octanol–water partition coefficient (Wildman–Crippen LogP) is 6.29. The maximum absolute atomic E-state index is 2.46. The Hall–Kier alpha value is -2.35. The van der Waals surface area contributed by atoms with Gasteiger partial charge in [0.2, 0.25) is 6.33 Å². The number of benzene rings is 2. The molecule has 0 radical (unpaired) electrons. The van der Waals surface area contributed by atoms with Crippen molar-refractivity contribution >= 4 is 0 Å². The molecular weight excluding hydrogens is 340 g/mol. The fourth-order valence-electron chi connectivity index (χ4n) is 4.32. The van der Waals surface area contributed by atoms with E-state index in [-0.39, 0.29) is 5.41 Å². The summed E-state index contributed by atoms with van der Waals surface area (Å²) in [6.07, 6.45) is 11.5. The second-order valence-electron chi connectivity index (χ2n) is 8.51. The molecule has 2 heteroatoms. The molecular formula is C26H35N2+. The van der Waals surface area contributed by atoms with E-state index in [1.807, 2.05) is 0 Å². The molecule has 148 valence electrons. The molecule has 0 amide bonds. The van der Waals surface area contributed by atoms with Gasteiger partial charge in [0, 0.05) is 5.41 Å². The van der Waals surface area contributed by atoms with Crippen LogP contribution < -0.4 is 4.57 Å². The van der Waals surface area contributed by atoms with Crippen molar-refractivity contribution in [3.8, 4) is 0 Å². The van der Waals surface area contributed by atoms with Crippen molar-refractivity contribution < 1.29 is 4.57 Å². The molecule has 2 atom stereocenters. The van der Waals surface area contributed by atoms with Crippen molar-refractivity contribution in [2.24, 2.45) is 0 Å². The summed E-state index contributed by atoms with van der Waals surface area (Å²) in [5.74, 6) is 0. The lowest BCUT2D eigenvalue weighted by molar-refractivity contribution is -0.732. The van der Waals surface area contributed by atoms with Gasteiger partial charge in [-0.25, -0.2) is 9.13 Å². The van der Waals surface area contributed by atoms with Gasteiger partial charge >= 0.3 is 0 Å². The number of nitrogens with zero attached hydrogens (tertiary/aromatic N) is 2. The van der Waals surface area contributed by atoms with Crippen LogP contribution in [0.3, 0.4) is 0 Å². The van der Waals surface area contributed by atoms with Gasteiger partial charge in [0.05, 0.1) is 6.04 Å². The van der Waals surface area contributed by atoms with Crippen LogP contribution in [0.1, 0.15) is 70.2 Å². The van der Waals surface area contributed by atoms with E-state index >= 15 is 0 Å². The Morgan fingerprint density at radius 3 is 2.18 bits per heavy atom. The molecule has 2 aromatic carbocycles. The number of hydrogen-bond donors (Lipinski definition) is 0. The summed E-state index contributed by atoms with van der Waals surface area (Å²) in [5, 5.41) is 0. The van der Waals surface area contributed by atoms with Crippen LogP contribution >= 0.6 is 0 Å². The van der Waals surface area contributed by atoms with Crippen LogP contribution in [0.15, 0.2) is 79.4 Å². The molecule has 28 heavy (non-hydrogen) atoms. The summed E-state index contributed by atoms with van der Waals surface area (Å²) < 4.78 is 4.78. The SMILES string of the molecule is CCCCC([n+]1ccn(C(C)C)c1)C(C)(Cc1ccccc1)c1ccccc1. The van der Waals surface area contributed by atoms with Crippen LogP contribution in [0.5, 0.6) is 0 Å². The minimum atomic E-state index is 0.0195. The molecule has 2 unspecified atom stereocenters. The first kappa shape index (κ1) is 20.4. The van der Waals surface area contributed by atoms with Gasteiger partial charge in [-0.05, 0) is 44.2 Å². The summed E-state index contributed by atoms with van der Waals surface area (Å²) in [5.41, 5.74) is 2.84. The molecule has 0 aliphatic rings. The molecule has 0 spiro atoms. The van der Waals surface area contributed by atoms with E-state index in [1.165, 1.54) is 30.4 Å². The largest absolute Gasteiger partial charge is 0.244 e. The van der Waals surface area contributed by atoms with Gasteiger partial charge in [-0.3, -0.25) is 0 Å². The monoisotopic (exact) mass is 375 g/mol. The highest BCUT2D eigenvalue weighted by Crippen LogP contribution is 2.39. The average Bonchev–Trinajstić information content (AvgIpc) is 3.20. The van der Waals surface area contributed by atoms with Crippen molar-refractivity contribution in [1.82, 2.24) is 4.57 Å². The molecule has 0 aliphatic heterocycles. The van der Waals surface area contributed by atoms with Crippen molar-refractivity contribution in [1.29, 1.82) is 0 Å². The third-order valence-electron chi connectivity index (χ3n) is 6.05. The van der Waals surface area contributed by atoms with Crippen LogP contribution in [-0.2, 0) is 11.8 Å². The van der Waals surface area contributed by atoms with Gasteiger partial charge in [0.25, 0.3) is 0 Å². The van der Waals surface area contributed by atoms with E-state index in [2.05, 4.69) is 116 Å². The standard InChI is InChI=1S/C26H35N2/c1-5-6-17-25(28-19-18-27(21-28)22(2)3)26(4,24-15-11-8-12-16-24)20-23-13-9-7-10-14-23/h7-16,18-19,21-22,25H,5-6,17,20H2,1-4H3/q+1. The third-order valence-corrected chi connectivity index (χ3v) is 6.05. The van der Waals surface area contributed by atoms with Gasteiger partial charge in [-0.1, -0.05) is 80.9 Å². The lowest BCUT2D eigenvalue weighted by atomic mass is 9.70. The normalized spacial score (nSPS) is 14.8. The highest BCUT2D eigenvalue weighted by atomic mass is 15.1. The van der Waals surface area contributed by atoms with Crippen molar-refractivity contribution in [2.45, 2.75) is 70.9 Å². The fourth-order valence-corrected chi connectivity index (χ4v) is 4.32. The lowest BCUT2D eigenvalue weighted by Crippen LogP contribution is -2.50. The summed E-state index contributed by atoms with van der Waals surface area (Å²) in [7, 11) is 0. The molecule has 0 aliphatic carbocycles. The zero-order chi connectivity index (χ0) is 20.0. The van der Waals surface area contributed by atoms with Crippen LogP contribution in [0.25, 0.3) is 0 Å². The summed E-state index contributed by atoms with van der Waals surface area (Å²) in [6.45, 7) is 9.23. The van der Waals surface area contributed by atoms with E-state index in [0.717, 1.165) is 6.42 Å². The predicted molar refractivity (Wildman–Crippen MR) is 118 cm³/mol. The number of rotatable bonds is 9. The van der Waals surface area contributed by atoms with Gasteiger partial charge in [0.15, 0.2) is 0 Å². The van der Waals surface area contributed by atoms with Crippen molar-refractivity contribution in [3.63, 3.8) is 0 Å². The fraction of sp³-hybridized carbons (Fsp3) is 0.423. The van der Waals surface area contributed by atoms with E-state index in [0.29, 0.717) is 12.1 Å². The van der Waals surface area contributed by atoms with Gasteiger partial charge in [0.1, 0.15) is 18.4 Å². The van der Waals surface area contributed by atoms with Crippen LogP contribution in [0.2, 0.25) is 0 Å². The average molecular weight is 376 g/mol. The molecule has 3 rings (SSSR count). The molecule has 0 bridgehead atoms. The Kier molecular flexibility index (Phi) is 6.72. The van der Waals surface area contributed by atoms with E-state index in [1.54, 1.807) is 0 Å². The van der Waals surface area contributed by atoms with Gasteiger partial charge in [-0.2, -0.15) is 0 Å². The molecule has 0 N–H and O–H groups in total. The van der Waals surface area contributed by atoms with Gasteiger partial charge < -0.3 is 0 Å². The Labute approximate surface area is 170 Å². The Bertz CT molecular complexity index is 835. The maximum Gasteiger partial charge on any atom is 0.244 e. The zero-order valence-corrected chi connectivity index (χ0v) is 17.9. The minimum absolute atomic E-state index is 0.0195. The molecule has 1 aromatic heterocycles. The van der Waals surface area contributed by atoms with Crippen molar-refractivity contribution in [2.75, 3.05) is 0 Å². The summed E-state index contributed by atoms with van der Waals surface area (Å²) in [6, 6.07) is 22.9. The molecule has 1 heterocycles. The molecule has 0 fully saturated rings. The van der Waals surface area contributed by atoms with Crippen molar-refractivity contribution in [3.05, 3.63) is 90.5 Å². The summed E-state index contributed by atoms with van der Waals surface area (Å²) in [4.78, 5) is 0. The first-order valence-corrected chi connectivity index (χ1v) is 10.7. The van der Waals surface area contributed by atoms with Gasteiger partial charge in [-0.15, -0.1) is 0 Å². The second kappa shape index (κ2) is 9.23. The minimum Gasteiger partial charge on any atom is -0.235 e. The number of imidazole rings is 1. The second-order valence-corrected chi connectivity index (χ2v) is 8.51. The smallest absolute Gasteiger partial charge is 0.235 e. The maximum atomic E-state index is 2.46. The highest BCUT2D eigenvalue weighted by Gasteiger charge is 2.40. The van der Waals surface area contributed by atoms with E-state index < -0.39 is 0 Å². The zero-order valence-electron chi connectivity index (χ0n) is 17.9. The topological polar surface area (TPSA) is 8.81 Å². The number of hydrogen-bond acceptors (Lipinski definition) is 0. The Balaban J connectivity index is 2.07. The number of unbranched alkanes of at least 4 members (excludes halogenated alkanes) is 1. The lowest BCUT2D eigenvalue weighted by Gasteiger charge is -2.36. The Morgan fingerprint density at radius 1 is 0.964 bits per heavy atom. The molecule has 2 nitrogen and oxygen atoms in total. The first-order valence-electron chi connectivity index (χ1n) is 10.7. The quantitative estimate of drug-likeness (QED) is 0.389. The Morgan fingerprint density at radius 2 is 1.61 bits per heavy atom. The molecule has 0 saturated carbocycles. The van der Waals surface area contributed by atoms with Crippen LogP contribution in [0.4, 0.5) is 0 Å². The number of aromatic nitrogens is 2. The van der Waals surface area contributed by atoms with Crippen LogP contribution in [-0.4, -0.2) is 4.57 Å². The van der Waals surface area contributed by atoms with E-state index in [4.69, 9.17) is 0 Å². The highest BCUT2D eigenvalue weighted by molar-refractivity contribution is 5.29. The van der Waals surface area contributed by atoms with E-state index in [9.17, 15) is 0 Å². The third kappa shape index (κ3) is 4.55.